The number of hydrogen-bond acceptors (Lipinski definition) is 3. The van der Waals surface area contributed by atoms with Gasteiger partial charge in [-0.2, -0.15) is 0 Å². The summed E-state index contributed by atoms with van der Waals surface area (Å²) >= 11 is 0. The summed E-state index contributed by atoms with van der Waals surface area (Å²) in [5.41, 5.74) is 1.80. The van der Waals surface area contributed by atoms with Crippen LogP contribution in [0.5, 0.6) is 5.75 Å². The van der Waals surface area contributed by atoms with E-state index in [-0.39, 0.29) is 11.9 Å². The van der Waals surface area contributed by atoms with Crippen LogP contribution < -0.4 is 9.64 Å². The molecule has 3 rings (SSSR count). The monoisotopic (exact) mass is 381 g/mol. The summed E-state index contributed by atoms with van der Waals surface area (Å²) in [6.45, 7) is 2.67. The smallest absolute Gasteiger partial charge is 0.227 e. The number of aliphatic hydroxyl groups is 1. The maximum Gasteiger partial charge on any atom is 0.227 e. The first-order valence-electron chi connectivity index (χ1n) is 10.5. The van der Waals surface area contributed by atoms with E-state index in [1.807, 2.05) is 59.5 Å². The fraction of sp³-hybridized carbons (Fsp3) is 0.458. The van der Waals surface area contributed by atoms with Gasteiger partial charge in [0, 0.05) is 12.1 Å². The lowest BCUT2D eigenvalue weighted by Gasteiger charge is -2.25. The molecule has 0 bridgehead atoms. The van der Waals surface area contributed by atoms with Gasteiger partial charge in [0.15, 0.2) is 0 Å². The summed E-state index contributed by atoms with van der Waals surface area (Å²) in [7, 11) is 0. The Balaban J connectivity index is 1.59. The Morgan fingerprint density at radius 2 is 1.82 bits per heavy atom. The average molecular weight is 382 g/mol. The first-order chi connectivity index (χ1) is 13.7. The SMILES string of the molecule is CCCCCCC(O)c1ccc(N2C(=O)CC[C@@H]2COc2ccccc2)cc1. The van der Waals surface area contributed by atoms with Crippen LogP contribution in [0, 0.1) is 0 Å². The molecular formula is C24H31NO3. The van der Waals surface area contributed by atoms with E-state index >= 15 is 0 Å². The van der Waals surface area contributed by atoms with E-state index in [9.17, 15) is 9.90 Å². The zero-order chi connectivity index (χ0) is 19.8. The Hall–Kier alpha value is -2.33. The molecule has 4 nitrogen and oxygen atoms in total. The van der Waals surface area contributed by atoms with Gasteiger partial charge in [-0.3, -0.25) is 4.79 Å². The number of aliphatic hydroxyl groups excluding tert-OH is 1. The first kappa shape index (κ1) is 20.4. The number of amides is 1. The van der Waals surface area contributed by atoms with Crippen molar-refractivity contribution in [3.8, 4) is 5.75 Å². The van der Waals surface area contributed by atoms with Gasteiger partial charge in [0.25, 0.3) is 0 Å². The van der Waals surface area contributed by atoms with Crippen molar-refractivity contribution in [3.63, 3.8) is 0 Å². The van der Waals surface area contributed by atoms with Crippen LogP contribution in [0.25, 0.3) is 0 Å². The van der Waals surface area contributed by atoms with Crippen molar-refractivity contribution in [3.05, 3.63) is 60.2 Å². The molecule has 1 amide bonds. The molecule has 2 aromatic carbocycles. The van der Waals surface area contributed by atoms with Crippen LogP contribution in [0.15, 0.2) is 54.6 Å². The van der Waals surface area contributed by atoms with Crippen molar-refractivity contribution in [2.45, 2.75) is 64.0 Å². The maximum atomic E-state index is 12.4. The van der Waals surface area contributed by atoms with E-state index in [1.165, 1.54) is 12.8 Å². The topological polar surface area (TPSA) is 49.8 Å². The molecule has 28 heavy (non-hydrogen) atoms. The van der Waals surface area contributed by atoms with Gasteiger partial charge in [-0.15, -0.1) is 0 Å². The fourth-order valence-electron chi connectivity index (χ4n) is 3.75. The molecule has 1 unspecified atom stereocenters. The molecular weight excluding hydrogens is 350 g/mol. The van der Waals surface area contributed by atoms with Gasteiger partial charge < -0.3 is 14.7 Å². The van der Waals surface area contributed by atoms with Crippen molar-refractivity contribution in [2.24, 2.45) is 0 Å². The Morgan fingerprint density at radius 1 is 1.07 bits per heavy atom. The number of ether oxygens (including phenoxy) is 1. The minimum Gasteiger partial charge on any atom is -0.491 e. The predicted octanol–water partition coefficient (Wildman–Crippen LogP) is 5.26. The quantitative estimate of drug-likeness (QED) is 0.571. The highest BCUT2D eigenvalue weighted by Gasteiger charge is 2.32. The highest BCUT2D eigenvalue weighted by Crippen LogP contribution is 2.29. The van der Waals surface area contributed by atoms with E-state index in [2.05, 4.69) is 6.92 Å². The number of unbranched alkanes of at least 4 members (excludes halogenated alkanes) is 3. The van der Waals surface area contributed by atoms with Crippen molar-refractivity contribution >= 4 is 11.6 Å². The zero-order valence-electron chi connectivity index (χ0n) is 16.7. The van der Waals surface area contributed by atoms with Gasteiger partial charge >= 0.3 is 0 Å². The third-order valence-electron chi connectivity index (χ3n) is 5.40. The van der Waals surface area contributed by atoms with Crippen LogP contribution in [0.4, 0.5) is 5.69 Å². The highest BCUT2D eigenvalue weighted by atomic mass is 16.5. The molecule has 0 spiro atoms. The largest absolute Gasteiger partial charge is 0.491 e. The van der Waals surface area contributed by atoms with Crippen molar-refractivity contribution in [1.29, 1.82) is 0 Å². The first-order valence-corrected chi connectivity index (χ1v) is 10.5. The molecule has 1 N–H and O–H groups in total. The zero-order valence-corrected chi connectivity index (χ0v) is 16.7. The summed E-state index contributed by atoms with van der Waals surface area (Å²) in [5.74, 6) is 0.956. The summed E-state index contributed by atoms with van der Waals surface area (Å²) in [5, 5.41) is 10.4. The van der Waals surface area contributed by atoms with Crippen LogP contribution in [0.2, 0.25) is 0 Å². The number of para-hydroxylation sites is 1. The summed E-state index contributed by atoms with van der Waals surface area (Å²) < 4.78 is 5.88. The number of anilines is 1. The average Bonchev–Trinajstić information content (AvgIpc) is 3.11. The molecule has 1 saturated heterocycles. The van der Waals surface area contributed by atoms with Gasteiger partial charge in [-0.1, -0.05) is 62.9 Å². The number of rotatable bonds is 10. The maximum absolute atomic E-state index is 12.4. The van der Waals surface area contributed by atoms with Gasteiger partial charge in [0.05, 0.1) is 12.1 Å². The van der Waals surface area contributed by atoms with Crippen LogP contribution in [-0.2, 0) is 4.79 Å². The van der Waals surface area contributed by atoms with Crippen LogP contribution in [0.3, 0.4) is 0 Å². The normalized spacial score (nSPS) is 17.7. The van der Waals surface area contributed by atoms with Crippen LogP contribution in [-0.4, -0.2) is 23.7 Å². The molecule has 0 saturated carbocycles. The second-order valence-corrected chi connectivity index (χ2v) is 7.54. The Labute approximate surface area is 168 Å². The van der Waals surface area contributed by atoms with Gasteiger partial charge in [-0.25, -0.2) is 0 Å². The summed E-state index contributed by atoms with van der Waals surface area (Å²) in [6, 6.07) is 17.5. The third-order valence-corrected chi connectivity index (χ3v) is 5.40. The van der Waals surface area contributed by atoms with Gasteiger partial charge in [-0.05, 0) is 42.7 Å². The molecule has 0 aromatic heterocycles. The molecule has 150 valence electrons. The van der Waals surface area contributed by atoms with Crippen LogP contribution >= 0.6 is 0 Å². The second-order valence-electron chi connectivity index (χ2n) is 7.54. The molecule has 1 heterocycles. The lowest BCUT2D eigenvalue weighted by molar-refractivity contribution is -0.117. The molecule has 0 radical (unpaired) electrons. The Kier molecular flexibility index (Phi) is 7.49. The third kappa shape index (κ3) is 5.35. The standard InChI is InChI=1S/C24H31NO3/c1-2-3-4-8-11-23(26)19-12-14-20(15-13-19)25-21(16-17-24(25)27)18-28-22-9-6-5-7-10-22/h5-7,9-10,12-15,21,23,26H,2-4,8,11,16-18H2,1H3/t21-,23?/m1/s1. The molecule has 0 aliphatic carbocycles. The number of hydrogen-bond donors (Lipinski definition) is 1. The Morgan fingerprint density at radius 3 is 2.54 bits per heavy atom. The highest BCUT2D eigenvalue weighted by molar-refractivity contribution is 5.96. The second kappa shape index (κ2) is 10.3. The van der Waals surface area contributed by atoms with E-state index in [4.69, 9.17) is 4.74 Å². The number of nitrogens with zero attached hydrogens (tertiary/aromatic N) is 1. The van der Waals surface area contributed by atoms with Crippen molar-refractivity contribution in [1.82, 2.24) is 0 Å². The number of carbonyl (C=O) groups is 1. The van der Waals surface area contributed by atoms with Gasteiger partial charge in [0.2, 0.25) is 5.91 Å². The molecule has 4 heteroatoms. The fourth-order valence-corrected chi connectivity index (χ4v) is 3.75. The van der Waals surface area contributed by atoms with Crippen molar-refractivity contribution in [2.75, 3.05) is 11.5 Å². The molecule has 2 atom stereocenters. The van der Waals surface area contributed by atoms with E-state index < -0.39 is 6.10 Å². The summed E-state index contributed by atoms with van der Waals surface area (Å²) in [6.07, 6.45) is 6.32. The number of carbonyl (C=O) groups excluding carboxylic acids is 1. The van der Waals surface area contributed by atoms with E-state index in [0.29, 0.717) is 13.0 Å². The van der Waals surface area contributed by atoms with Crippen molar-refractivity contribution < 1.29 is 14.6 Å². The van der Waals surface area contributed by atoms with Gasteiger partial charge in [0.1, 0.15) is 12.4 Å². The Bertz CT molecular complexity index is 729. The molecule has 2 aromatic rings. The lowest BCUT2D eigenvalue weighted by atomic mass is 10.0. The van der Waals surface area contributed by atoms with E-state index in [1.54, 1.807) is 0 Å². The summed E-state index contributed by atoms with van der Waals surface area (Å²) in [4.78, 5) is 14.3. The lowest BCUT2D eigenvalue weighted by Crippen LogP contribution is -2.37. The van der Waals surface area contributed by atoms with Crippen LogP contribution in [0.1, 0.15) is 63.5 Å². The minimum absolute atomic E-state index is 0.0394. The molecule has 1 aliphatic rings. The molecule has 1 aliphatic heterocycles. The number of benzene rings is 2. The minimum atomic E-state index is -0.433. The predicted molar refractivity (Wildman–Crippen MR) is 113 cm³/mol. The molecule has 1 fully saturated rings. The van der Waals surface area contributed by atoms with E-state index in [0.717, 1.165) is 42.7 Å².